The fourth-order valence-electron chi connectivity index (χ4n) is 3.20. The first-order valence-corrected chi connectivity index (χ1v) is 7.91. The molecule has 0 bridgehead atoms. The molecule has 2 amide bonds. The molecule has 25 heavy (non-hydrogen) atoms. The molecule has 138 valence electrons. The number of hydrogen-bond donors (Lipinski definition) is 2. The van der Waals surface area contributed by atoms with Gasteiger partial charge in [0.15, 0.2) is 0 Å². The smallest absolute Gasteiger partial charge is 0.465 e. The number of piperidine rings is 1. The van der Waals surface area contributed by atoms with Crippen LogP contribution in [0.3, 0.4) is 0 Å². The molecule has 1 saturated heterocycles. The van der Waals surface area contributed by atoms with Gasteiger partial charge in [-0.25, -0.2) is 4.79 Å². The Kier molecular flexibility index (Phi) is 5.44. The van der Waals surface area contributed by atoms with Crippen LogP contribution in [-0.4, -0.2) is 47.8 Å². The molecule has 0 aromatic heterocycles. The first-order chi connectivity index (χ1) is 11.7. The summed E-state index contributed by atoms with van der Waals surface area (Å²) in [6, 6.07) is 4.84. The maximum absolute atomic E-state index is 12.7. The van der Waals surface area contributed by atoms with Gasteiger partial charge in [0.1, 0.15) is 0 Å². The van der Waals surface area contributed by atoms with E-state index in [1.54, 1.807) is 25.1 Å². The lowest BCUT2D eigenvalue weighted by Crippen LogP contribution is -2.46. The van der Waals surface area contributed by atoms with E-state index in [1.165, 1.54) is 0 Å². The molecule has 1 fully saturated rings. The van der Waals surface area contributed by atoms with Crippen molar-refractivity contribution in [3.05, 3.63) is 23.8 Å². The number of nitrogens with two attached hydrogens (primary N) is 1. The third-order valence-electron chi connectivity index (χ3n) is 4.31. The van der Waals surface area contributed by atoms with Gasteiger partial charge in [-0.15, -0.1) is 0 Å². The summed E-state index contributed by atoms with van der Waals surface area (Å²) < 4.78 is 38.1. The summed E-state index contributed by atoms with van der Waals surface area (Å²) in [4.78, 5) is 24.8. The maximum atomic E-state index is 12.7. The lowest BCUT2D eigenvalue weighted by Gasteiger charge is -2.35. The highest BCUT2D eigenvalue weighted by molar-refractivity contribution is 5.92. The van der Waals surface area contributed by atoms with Gasteiger partial charge in [-0.3, -0.25) is 9.69 Å². The second-order valence-electron chi connectivity index (χ2n) is 5.90. The first kappa shape index (κ1) is 18.9. The zero-order valence-corrected chi connectivity index (χ0v) is 13.7. The molecule has 3 N–H and O–H groups in total. The number of para-hydroxylation sites is 1. The Hall–Kier alpha value is -2.45. The number of nitrogens with zero attached hydrogens (tertiary/aromatic N) is 2. The Morgan fingerprint density at radius 2 is 2.08 bits per heavy atom. The Morgan fingerprint density at radius 1 is 1.40 bits per heavy atom. The predicted molar refractivity (Wildman–Crippen MR) is 86.5 cm³/mol. The van der Waals surface area contributed by atoms with Crippen molar-refractivity contribution < 1.29 is 27.9 Å². The zero-order chi connectivity index (χ0) is 18.8. The molecule has 0 aliphatic carbocycles. The van der Waals surface area contributed by atoms with Gasteiger partial charge >= 0.3 is 18.2 Å². The van der Waals surface area contributed by atoms with Crippen molar-refractivity contribution in [2.75, 3.05) is 30.3 Å². The summed E-state index contributed by atoms with van der Waals surface area (Å²) in [7, 11) is 0. The van der Waals surface area contributed by atoms with Crippen LogP contribution in [0.15, 0.2) is 18.2 Å². The average molecular weight is 359 g/mol. The van der Waals surface area contributed by atoms with Gasteiger partial charge in [-0.2, -0.15) is 13.2 Å². The summed E-state index contributed by atoms with van der Waals surface area (Å²) in [6.07, 6.45) is -5.16. The fraction of sp³-hybridized carbons (Fsp3) is 0.500. The molecule has 9 heteroatoms. The number of benzene rings is 1. The second-order valence-corrected chi connectivity index (χ2v) is 5.90. The number of likely N-dealkylation sites (tertiary alicyclic amines) is 1. The SMILES string of the molecule is CCN(C(=O)O)c1c(N)cccc1C1CCCN(C(=O)C(F)(F)F)C1. The van der Waals surface area contributed by atoms with Crippen LogP contribution in [0, 0.1) is 0 Å². The molecule has 1 aromatic rings. The van der Waals surface area contributed by atoms with Crippen LogP contribution >= 0.6 is 0 Å². The van der Waals surface area contributed by atoms with E-state index in [0.29, 0.717) is 18.4 Å². The summed E-state index contributed by atoms with van der Waals surface area (Å²) in [6.45, 7) is 1.70. The number of alkyl halides is 3. The number of halogens is 3. The molecule has 1 atom stereocenters. The largest absolute Gasteiger partial charge is 0.471 e. The van der Waals surface area contributed by atoms with Crippen LogP contribution in [0.25, 0.3) is 0 Å². The number of rotatable bonds is 3. The van der Waals surface area contributed by atoms with Crippen LogP contribution in [0.2, 0.25) is 0 Å². The van der Waals surface area contributed by atoms with Crippen molar-refractivity contribution in [3.8, 4) is 0 Å². The van der Waals surface area contributed by atoms with Crippen molar-refractivity contribution >= 4 is 23.4 Å². The molecule has 0 saturated carbocycles. The Bertz CT molecular complexity index is 664. The maximum Gasteiger partial charge on any atom is 0.471 e. The zero-order valence-electron chi connectivity index (χ0n) is 13.7. The predicted octanol–water partition coefficient (Wildman–Crippen LogP) is 3.04. The minimum absolute atomic E-state index is 0.0307. The molecule has 0 spiro atoms. The first-order valence-electron chi connectivity index (χ1n) is 7.91. The van der Waals surface area contributed by atoms with E-state index in [-0.39, 0.29) is 31.0 Å². The quantitative estimate of drug-likeness (QED) is 0.812. The van der Waals surface area contributed by atoms with E-state index in [4.69, 9.17) is 5.73 Å². The highest BCUT2D eigenvalue weighted by Gasteiger charge is 2.44. The van der Waals surface area contributed by atoms with Crippen molar-refractivity contribution in [3.63, 3.8) is 0 Å². The minimum Gasteiger partial charge on any atom is -0.465 e. The summed E-state index contributed by atoms with van der Waals surface area (Å²) in [5, 5.41) is 9.38. The average Bonchev–Trinajstić information content (AvgIpc) is 2.55. The number of carbonyl (C=O) groups is 2. The van der Waals surface area contributed by atoms with Gasteiger partial charge in [0.2, 0.25) is 0 Å². The van der Waals surface area contributed by atoms with Gasteiger partial charge in [0.05, 0.1) is 11.4 Å². The Labute approximate surface area is 143 Å². The lowest BCUT2D eigenvalue weighted by molar-refractivity contribution is -0.186. The van der Waals surface area contributed by atoms with Gasteiger partial charge in [0, 0.05) is 25.6 Å². The summed E-state index contributed by atoms with van der Waals surface area (Å²) in [5.74, 6) is -2.28. The topological polar surface area (TPSA) is 86.9 Å². The van der Waals surface area contributed by atoms with E-state index in [9.17, 15) is 27.9 Å². The molecule has 1 aromatic carbocycles. The van der Waals surface area contributed by atoms with Crippen molar-refractivity contribution in [2.45, 2.75) is 31.9 Å². The van der Waals surface area contributed by atoms with E-state index in [1.807, 2.05) is 0 Å². The number of hydrogen-bond acceptors (Lipinski definition) is 3. The monoisotopic (exact) mass is 359 g/mol. The van der Waals surface area contributed by atoms with Crippen molar-refractivity contribution in [1.29, 1.82) is 0 Å². The van der Waals surface area contributed by atoms with Gasteiger partial charge in [-0.1, -0.05) is 12.1 Å². The Balaban J connectivity index is 2.37. The highest BCUT2D eigenvalue weighted by Crippen LogP contribution is 2.38. The molecular weight excluding hydrogens is 339 g/mol. The third-order valence-corrected chi connectivity index (χ3v) is 4.31. The van der Waals surface area contributed by atoms with Crippen LogP contribution in [0.4, 0.5) is 29.3 Å². The third kappa shape index (κ3) is 3.97. The fourth-order valence-corrected chi connectivity index (χ4v) is 3.20. The summed E-state index contributed by atoms with van der Waals surface area (Å²) in [5.41, 5.74) is 7.00. The van der Waals surface area contributed by atoms with Gasteiger partial charge in [0.25, 0.3) is 0 Å². The van der Waals surface area contributed by atoms with E-state index in [2.05, 4.69) is 0 Å². The van der Waals surface area contributed by atoms with Gasteiger partial charge < -0.3 is 15.7 Å². The highest BCUT2D eigenvalue weighted by atomic mass is 19.4. The van der Waals surface area contributed by atoms with Gasteiger partial charge in [-0.05, 0) is 31.4 Å². The van der Waals surface area contributed by atoms with E-state index < -0.39 is 24.1 Å². The molecule has 6 nitrogen and oxygen atoms in total. The normalized spacial score (nSPS) is 18.1. The van der Waals surface area contributed by atoms with E-state index in [0.717, 1.165) is 9.80 Å². The number of nitrogen functional groups attached to an aromatic ring is 1. The lowest BCUT2D eigenvalue weighted by atomic mass is 9.88. The number of anilines is 2. The van der Waals surface area contributed by atoms with Crippen LogP contribution < -0.4 is 10.6 Å². The molecule has 1 unspecified atom stereocenters. The standard InChI is InChI=1S/C16H20F3N3O3/c1-2-22(15(24)25)13-11(6-3-7-12(13)20)10-5-4-8-21(9-10)14(23)16(17,18)19/h3,6-7,10H,2,4-5,8-9,20H2,1H3,(H,24,25). The molecular formula is C16H20F3N3O3. The molecule has 1 heterocycles. The van der Waals surface area contributed by atoms with Crippen LogP contribution in [0.1, 0.15) is 31.2 Å². The second kappa shape index (κ2) is 7.20. The molecule has 1 aliphatic rings. The van der Waals surface area contributed by atoms with E-state index >= 15 is 0 Å². The molecule has 1 aliphatic heterocycles. The Morgan fingerprint density at radius 3 is 2.64 bits per heavy atom. The van der Waals surface area contributed by atoms with Crippen LogP contribution in [0.5, 0.6) is 0 Å². The van der Waals surface area contributed by atoms with Crippen molar-refractivity contribution in [1.82, 2.24) is 4.90 Å². The number of carbonyl (C=O) groups excluding carboxylic acids is 1. The van der Waals surface area contributed by atoms with Crippen molar-refractivity contribution in [2.24, 2.45) is 0 Å². The number of amides is 2. The minimum atomic E-state index is -4.92. The summed E-state index contributed by atoms with van der Waals surface area (Å²) >= 11 is 0. The number of carboxylic acid groups (broad SMARTS) is 1. The molecule has 2 rings (SSSR count). The van der Waals surface area contributed by atoms with Crippen LogP contribution in [-0.2, 0) is 4.79 Å². The molecule has 0 radical (unpaired) electrons.